The molecule has 10 rings (SSSR count). The van der Waals surface area contributed by atoms with E-state index in [0.717, 1.165) is 94.3 Å². The molecule has 4 aromatic carbocycles. The fraction of sp³-hybridized carbons (Fsp3) is 0. The van der Waals surface area contributed by atoms with Crippen LogP contribution in [-0.4, -0.2) is 0 Å². The highest BCUT2D eigenvalue weighted by Crippen LogP contribution is 2.48. The van der Waals surface area contributed by atoms with Crippen molar-refractivity contribution in [1.29, 1.82) is 0 Å². The van der Waals surface area contributed by atoms with Crippen molar-refractivity contribution in [2.45, 2.75) is 0 Å². The van der Waals surface area contributed by atoms with Crippen molar-refractivity contribution in [1.82, 2.24) is 0 Å². The maximum absolute atomic E-state index is 15.5. The summed E-state index contributed by atoms with van der Waals surface area (Å²) in [6, 6.07) is 26.4. The summed E-state index contributed by atoms with van der Waals surface area (Å²) in [5.41, 5.74) is 0. The molecular formula is C36H14F4S6. The Bertz CT molecular complexity index is 2540. The van der Waals surface area contributed by atoms with Crippen LogP contribution in [0.15, 0.2) is 84.9 Å². The summed E-state index contributed by atoms with van der Waals surface area (Å²) in [6.07, 6.45) is 0. The average Bonchev–Trinajstić information content (AvgIpc) is 3.85. The predicted octanol–water partition coefficient (Wildman–Crippen LogP) is 14.5. The van der Waals surface area contributed by atoms with E-state index in [2.05, 4.69) is 24.3 Å². The van der Waals surface area contributed by atoms with Gasteiger partial charge in [-0.15, -0.1) is 68.0 Å². The maximum atomic E-state index is 15.5. The summed E-state index contributed by atoms with van der Waals surface area (Å²) in [5, 5.41) is 7.44. The minimum Gasteiger partial charge on any atom is -0.205 e. The Hall–Kier alpha value is -3.64. The molecule has 222 valence electrons. The van der Waals surface area contributed by atoms with E-state index in [-0.39, 0.29) is 21.9 Å². The standard InChI is InChI=1S/C36H14F4S6/c37-23-13-29(45-35(23)31-9-19-1-15-7-27-21(11-33(39)43-27)3-17(15)5-25(19)41-31)30-14-24(38)36(46-30)32-10-20-2-16-8-28-22(12-34(40)44-28)4-18(16)6-26(20)42-32/h1-14H. The molecule has 0 fully saturated rings. The van der Waals surface area contributed by atoms with E-state index in [4.69, 9.17) is 0 Å². The molecule has 6 aromatic heterocycles. The smallest absolute Gasteiger partial charge is 0.177 e. The van der Waals surface area contributed by atoms with Gasteiger partial charge in [-0.3, -0.25) is 0 Å². The Labute approximate surface area is 281 Å². The minimum atomic E-state index is -0.323. The van der Waals surface area contributed by atoms with Crippen LogP contribution in [0.4, 0.5) is 17.6 Å². The second-order valence-corrected chi connectivity index (χ2v) is 17.5. The number of hydrogen-bond acceptors (Lipinski definition) is 6. The molecule has 0 aliphatic heterocycles. The minimum absolute atomic E-state index is 0.201. The van der Waals surface area contributed by atoms with Gasteiger partial charge in [-0.2, -0.15) is 8.78 Å². The normalized spacial score (nSPS) is 12.3. The maximum Gasteiger partial charge on any atom is 0.177 e. The summed E-state index contributed by atoms with van der Waals surface area (Å²) in [5.74, 6) is -0.647. The third-order valence-corrected chi connectivity index (χ3v) is 15.0. The third kappa shape index (κ3) is 4.32. The van der Waals surface area contributed by atoms with Crippen LogP contribution in [-0.2, 0) is 0 Å². The van der Waals surface area contributed by atoms with Crippen molar-refractivity contribution in [3.05, 3.63) is 107 Å². The first kappa shape index (κ1) is 27.5. The quantitative estimate of drug-likeness (QED) is 0.160. The first-order chi connectivity index (χ1) is 22.3. The van der Waals surface area contributed by atoms with Crippen LogP contribution in [0.2, 0.25) is 0 Å². The van der Waals surface area contributed by atoms with Crippen molar-refractivity contribution in [2.24, 2.45) is 0 Å². The molecule has 0 nitrogen and oxygen atoms in total. The van der Waals surface area contributed by atoms with Crippen LogP contribution in [0.3, 0.4) is 0 Å². The first-order valence-corrected chi connectivity index (χ1v) is 18.9. The van der Waals surface area contributed by atoms with Gasteiger partial charge in [0.2, 0.25) is 0 Å². The topological polar surface area (TPSA) is 0 Å². The monoisotopic (exact) mass is 714 g/mol. The lowest BCUT2D eigenvalue weighted by molar-refractivity contribution is 0.635. The van der Waals surface area contributed by atoms with Gasteiger partial charge in [-0.05, 0) is 128 Å². The summed E-state index contributed by atoms with van der Waals surface area (Å²) in [4.78, 5) is 4.09. The van der Waals surface area contributed by atoms with E-state index in [1.807, 2.05) is 36.4 Å². The lowest BCUT2D eigenvalue weighted by Crippen LogP contribution is -1.72. The summed E-state index contributed by atoms with van der Waals surface area (Å²) in [6.45, 7) is 0. The molecule has 10 heteroatoms. The molecule has 10 aromatic rings. The zero-order valence-corrected chi connectivity index (χ0v) is 27.9. The highest BCUT2D eigenvalue weighted by Gasteiger charge is 2.20. The Balaban J connectivity index is 1.01. The van der Waals surface area contributed by atoms with E-state index >= 15 is 8.78 Å². The van der Waals surface area contributed by atoms with Gasteiger partial charge in [-0.1, -0.05) is 0 Å². The zero-order valence-electron chi connectivity index (χ0n) is 23.0. The molecule has 0 bridgehead atoms. The molecule has 0 saturated heterocycles. The fourth-order valence-corrected chi connectivity index (χ4v) is 12.3. The molecule has 0 saturated carbocycles. The van der Waals surface area contributed by atoms with Crippen molar-refractivity contribution in [3.63, 3.8) is 0 Å². The zero-order chi connectivity index (χ0) is 30.8. The molecule has 0 aliphatic carbocycles. The number of benzene rings is 4. The van der Waals surface area contributed by atoms with Gasteiger partial charge in [-0.25, -0.2) is 8.78 Å². The third-order valence-electron chi connectivity index (χ3n) is 8.22. The number of halogens is 4. The van der Waals surface area contributed by atoms with Gasteiger partial charge in [0.15, 0.2) is 10.3 Å². The van der Waals surface area contributed by atoms with Gasteiger partial charge < -0.3 is 0 Å². The molecule has 0 unspecified atom stereocenters. The van der Waals surface area contributed by atoms with E-state index in [1.165, 1.54) is 57.5 Å². The highest BCUT2D eigenvalue weighted by molar-refractivity contribution is 7.30. The fourth-order valence-electron chi connectivity index (χ4n) is 6.12. The summed E-state index contributed by atoms with van der Waals surface area (Å²) < 4.78 is 62.4. The second-order valence-electron chi connectivity index (χ2n) is 11.2. The molecule has 0 radical (unpaired) electrons. The molecule has 46 heavy (non-hydrogen) atoms. The van der Waals surface area contributed by atoms with Gasteiger partial charge in [0.1, 0.15) is 11.6 Å². The Morgan fingerprint density at radius 2 is 0.630 bits per heavy atom. The van der Waals surface area contributed by atoms with Crippen LogP contribution >= 0.6 is 68.0 Å². The van der Waals surface area contributed by atoms with Gasteiger partial charge in [0.05, 0.1) is 9.75 Å². The molecule has 0 N–H and O–H groups in total. The molecular weight excluding hydrogens is 701 g/mol. The molecule has 0 amide bonds. The summed E-state index contributed by atoms with van der Waals surface area (Å²) in [7, 11) is 0. The highest BCUT2D eigenvalue weighted by atomic mass is 32.1. The number of thiophene rings is 6. The van der Waals surface area contributed by atoms with Crippen molar-refractivity contribution >= 4 is 130 Å². The Morgan fingerprint density at radius 3 is 1.02 bits per heavy atom. The van der Waals surface area contributed by atoms with Crippen LogP contribution in [0.5, 0.6) is 0 Å². The predicted molar refractivity (Wildman–Crippen MR) is 195 cm³/mol. The SMILES string of the molecule is Fc1cc2cc3cc4sc(-c5sc(-c6cc(F)c(-c7cc8cc9cc%10sc(F)cc%10cc9cc8s7)s6)cc5F)cc4cc3cc2s1. The van der Waals surface area contributed by atoms with Crippen LogP contribution in [0.25, 0.3) is 91.2 Å². The van der Waals surface area contributed by atoms with Crippen molar-refractivity contribution in [3.8, 4) is 29.3 Å². The van der Waals surface area contributed by atoms with E-state index in [9.17, 15) is 8.78 Å². The first-order valence-electron chi connectivity index (χ1n) is 14.0. The van der Waals surface area contributed by atoms with E-state index < -0.39 is 0 Å². The Kier molecular flexibility index (Phi) is 5.93. The van der Waals surface area contributed by atoms with Gasteiger partial charge in [0, 0.05) is 38.3 Å². The largest absolute Gasteiger partial charge is 0.205 e. The second kappa shape index (κ2) is 9.93. The number of fused-ring (bicyclic) bond motifs is 6. The van der Waals surface area contributed by atoms with Gasteiger partial charge in [0.25, 0.3) is 0 Å². The lowest BCUT2D eigenvalue weighted by atomic mass is 10.1. The molecule has 0 atom stereocenters. The summed E-state index contributed by atoms with van der Waals surface area (Å²) >= 11 is 7.98. The van der Waals surface area contributed by atoms with Crippen molar-refractivity contribution in [2.75, 3.05) is 0 Å². The van der Waals surface area contributed by atoms with Gasteiger partial charge >= 0.3 is 0 Å². The van der Waals surface area contributed by atoms with Crippen LogP contribution < -0.4 is 0 Å². The number of rotatable bonds is 3. The Morgan fingerprint density at radius 1 is 0.283 bits per heavy atom. The average molecular weight is 715 g/mol. The van der Waals surface area contributed by atoms with Crippen molar-refractivity contribution < 1.29 is 17.6 Å². The molecule has 0 spiro atoms. The molecule has 6 heterocycles. The lowest BCUT2D eigenvalue weighted by Gasteiger charge is -1.99. The van der Waals surface area contributed by atoms with E-state index in [0.29, 0.717) is 19.5 Å². The van der Waals surface area contributed by atoms with Crippen LogP contribution in [0, 0.1) is 21.9 Å². The number of hydrogen-bond donors (Lipinski definition) is 0. The molecule has 0 aliphatic rings. The van der Waals surface area contributed by atoms with E-state index in [1.54, 1.807) is 12.1 Å². The van der Waals surface area contributed by atoms with Crippen LogP contribution in [0.1, 0.15) is 0 Å².